The molecule has 0 radical (unpaired) electrons. The quantitative estimate of drug-likeness (QED) is 0.522. The number of rotatable bonds is 10. The maximum Gasteiger partial charge on any atom is 0.133 e. The molecule has 0 bridgehead atoms. The van der Waals surface area contributed by atoms with Crippen LogP contribution in [0.1, 0.15) is 5.82 Å². The lowest BCUT2D eigenvalue weighted by atomic mass is 10.3. The minimum Gasteiger partial charge on any atom is -0.389 e. The van der Waals surface area contributed by atoms with Gasteiger partial charge in [-0.05, 0) is 0 Å². The van der Waals surface area contributed by atoms with Crippen LogP contribution in [0, 0.1) is 0 Å². The first-order valence-electron chi connectivity index (χ1n) is 6.02. The molecule has 1 rings (SSSR count). The molecule has 1 heterocycles. The van der Waals surface area contributed by atoms with Crippen molar-refractivity contribution in [3.63, 3.8) is 0 Å². The Hall–Kier alpha value is -1.02. The summed E-state index contributed by atoms with van der Waals surface area (Å²) in [5, 5.41) is 20.5. The van der Waals surface area contributed by atoms with Crippen molar-refractivity contribution < 1.29 is 14.6 Å². The third-order valence-electron chi connectivity index (χ3n) is 2.45. The third-order valence-corrected chi connectivity index (χ3v) is 2.45. The Bertz CT molecular complexity index is 319. The summed E-state index contributed by atoms with van der Waals surface area (Å²) in [4.78, 5) is 0. The van der Waals surface area contributed by atoms with Crippen LogP contribution < -0.4 is 5.32 Å². The van der Waals surface area contributed by atoms with Crippen LogP contribution in [-0.4, -0.2) is 66.0 Å². The summed E-state index contributed by atoms with van der Waals surface area (Å²) in [7, 11) is 3.53. The van der Waals surface area contributed by atoms with E-state index in [1.54, 1.807) is 13.4 Å². The summed E-state index contributed by atoms with van der Waals surface area (Å²) in [5.74, 6) is 0.924. The highest BCUT2D eigenvalue weighted by Crippen LogP contribution is 1.91. The van der Waals surface area contributed by atoms with Gasteiger partial charge in [-0.25, -0.2) is 0 Å². The second-order valence-electron chi connectivity index (χ2n) is 4.03. The van der Waals surface area contributed by atoms with Gasteiger partial charge in [-0.3, -0.25) is 0 Å². The summed E-state index contributed by atoms with van der Waals surface area (Å²) in [5.41, 5.74) is 0. The zero-order valence-corrected chi connectivity index (χ0v) is 11.0. The van der Waals surface area contributed by atoms with E-state index in [-0.39, 0.29) is 0 Å². The summed E-state index contributed by atoms with van der Waals surface area (Å²) in [6, 6.07) is 0. The Morgan fingerprint density at radius 2 is 2.33 bits per heavy atom. The Morgan fingerprint density at radius 3 is 3.00 bits per heavy atom. The van der Waals surface area contributed by atoms with Gasteiger partial charge in [0.05, 0.1) is 25.9 Å². The minimum absolute atomic E-state index is 0.320. The Morgan fingerprint density at radius 1 is 1.50 bits per heavy atom. The van der Waals surface area contributed by atoms with Crippen molar-refractivity contribution in [3.8, 4) is 0 Å². The minimum atomic E-state index is -0.499. The molecule has 0 saturated heterocycles. The Labute approximate surface area is 107 Å². The average molecular weight is 258 g/mol. The van der Waals surface area contributed by atoms with Crippen molar-refractivity contribution in [2.45, 2.75) is 12.5 Å². The fourth-order valence-corrected chi connectivity index (χ4v) is 1.42. The largest absolute Gasteiger partial charge is 0.389 e. The van der Waals surface area contributed by atoms with E-state index in [0.717, 1.165) is 18.8 Å². The highest BCUT2D eigenvalue weighted by Gasteiger charge is 2.04. The molecule has 7 nitrogen and oxygen atoms in total. The number of aliphatic hydroxyl groups is 1. The Kier molecular flexibility index (Phi) is 7.51. The number of nitrogens with one attached hydrogen (secondary N) is 1. The van der Waals surface area contributed by atoms with Crippen molar-refractivity contribution in [3.05, 3.63) is 12.2 Å². The van der Waals surface area contributed by atoms with Gasteiger partial charge in [0.1, 0.15) is 12.2 Å². The maximum absolute atomic E-state index is 9.60. The molecule has 0 aliphatic carbocycles. The van der Waals surface area contributed by atoms with Gasteiger partial charge >= 0.3 is 0 Å². The van der Waals surface area contributed by atoms with Gasteiger partial charge in [0.25, 0.3) is 0 Å². The van der Waals surface area contributed by atoms with E-state index in [9.17, 15) is 5.11 Å². The second-order valence-corrected chi connectivity index (χ2v) is 4.03. The van der Waals surface area contributed by atoms with Gasteiger partial charge in [0.2, 0.25) is 0 Å². The maximum atomic E-state index is 9.60. The number of aliphatic hydroxyl groups excluding tert-OH is 1. The standard InChI is InChI=1S/C11H22N4O3/c1-15-9-13-14-11(15)3-4-12-7-10(16)8-18-6-5-17-2/h9-10,12,16H,3-8H2,1-2H3. The third kappa shape index (κ3) is 6.06. The molecular weight excluding hydrogens is 236 g/mol. The summed E-state index contributed by atoms with van der Waals surface area (Å²) in [6.45, 7) is 2.63. The van der Waals surface area contributed by atoms with Crippen LogP contribution in [-0.2, 0) is 22.9 Å². The molecule has 1 aromatic rings. The molecule has 0 aliphatic heterocycles. The first-order chi connectivity index (χ1) is 8.74. The van der Waals surface area contributed by atoms with Gasteiger partial charge in [-0.15, -0.1) is 10.2 Å². The number of aryl methyl sites for hydroxylation is 1. The van der Waals surface area contributed by atoms with Gasteiger partial charge in [0, 0.05) is 33.7 Å². The van der Waals surface area contributed by atoms with Crippen LogP contribution >= 0.6 is 0 Å². The topological polar surface area (TPSA) is 81.4 Å². The van der Waals surface area contributed by atoms with Gasteiger partial charge in [0.15, 0.2) is 0 Å². The zero-order chi connectivity index (χ0) is 13.2. The lowest BCUT2D eigenvalue weighted by Crippen LogP contribution is -2.32. The van der Waals surface area contributed by atoms with Crippen LogP contribution in [0.4, 0.5) is 0 Å². The van der Waals surface area contributed by atoms with E-state index in [1.165, 1.54) is 0 Å². The fraction of sp³-hybridized carbons (Fsp3) is 0.818. The number of methoxy groups -OCH3 is 1. The van der Waals surface area contributed by atoms with Crippen LogP contribution in [0.3, 0.4) is 0 Å². The molecule has 0 aromatic carbocycles. The van der Waals surface area contributed by atoms with Crippen molar-refractivity contribution in [2.75, 3.05) is 40.0 Å². The molecule has 7 heteroatoms. The molecule has 0 aliphatic rings. The molecule has 0 saturated carbocycles. The first kappa shape index (κ1) is 15.0. The van der Waals surface area contributed by atoms with E-state index in [4.69, 9.17) is 9.47 Å². The van der Waals surface area contributed by atoms with E-state index in [2.05, 4.69) is 15.5 Å². The highest BCUT2D eigenvalue weighted by molar-refractivity contribution is 4.84. The molecule has 0 fully saturated rings. The molecule has 2 N–H and O–H groups in total. The molecule has 1 atom stereocenters. The second kappa shape index (κ2) is 8.98. The highest BCUT2D eigenvalue weighted by atomic mass is 16.5. The monoisotopic (exact) mass is 258 g/mol. The zero-order valence-electron chi connectivity index (χ0n) is 11.0. The predicted octanol–water partition coefficient (Wildman–Crippen LogP) is -1.03. The lowest BCUT2D eigenvalue weighted by Gasteiger charge is -2.12. The lowest BCUT2D eigenvalue weighted by molar-refractivity contribution is 0.0139. The van der Waals surface area contributed by atoms with Gasteiger partial charge in [-0.1, -0.05) is 0 Å². The van der Waals surface area contributed by atoms with E-state index < -0.39 is 6.10 Å². The van der Waals surface area contributed by atoms with Crippen LogP contribution in [0.25, 0.3) is 0 Å². The van der Waals surface area contributed by atoms with Crippen LogP contribution in [0.2, 0.25) is 0 Å². The van der Waals surface area contributed by atoms with Gasteiger partial charge < -0.3 is 24.5 Å². The molecule has 1 aromatic heterocycles. The first-order valence-corrected chi connectivity index (χ1v) is 6.02. The summed E-state index contributed by atoms with van der Waals surface area (Å²) < 4.78 is 11.9. The van der Waals surface area contributed by atoms with E-state index >= 15 is 0 Å². The molecule has 0 spiro atoms. The van der Waals surface area contributed by atoms with Crippen molar-refractivity contribution >= 4 is 0 Å². The number of ether oxygens (including phenoxy) is 2. The molecule has 0 amide bonds. The smallest absolute Gasteiger partial charge is 0.133 e. The van der Waals surface area contributed by atoms with Crippen molar-refractivity contribution in [2.24, 2.45) is 7.05 Å². The summed E-state index contributed by atoms with van der Waals surface area (Å²) >= 11 is 0. The molecular formula is C11H22N4O3. The number of hydrogen-bond donors (Lipinski definition) is 2. The van der Waals surface area contributed by atoms with Crippen LogP contribution in [0.15, 0.2) is 6.33 Å². The van der Waals surface area contributed by atoms with Gasteiger partial charge in [-0.2, -0.15) is 0 Å². The van der Waals surface area contributed by atoms with Crippen molar-refractivity contribution in [1.82, 2.24) is 20.1 Å². The Balaban J connectivity index is 1.98. The fourth-order valence-electron chi connectivity index (χ4n) is 1.42. The molecule has 104 valence electrons. The van der Waals surface area contributed by atoms with Crippen molar-refractivity contribution in [1.29, 1.82) is 0 Å². The average Bonchev–Trinajstić information content (AvgIpc) is 2.76. The van der Waals surface area contributed by atoms with E-state index in [1.807, 2.05) is 11.6 Å². The summed E-state index contributed by atoms with van der Waals surface area (Å²) in [6.07, 6.45) is 1.96. The molecule has 1 unspecified atom stereocenters. The molecule has 18 heavy (non-hydrogen) atoms. The number of nitrogens with zero attached hydrogens (tertiary/aromatic N) is 3. The van der Waals surface area contributed by atoms with E-state index in [0.29, 0.717) is 26.4 Å². The predicted molar refractivity (Wildman–Crippen MR) is 66.3 cm³/mol. The van der Waals surface area contributed by atoms with Crippen LogP contribution in [0.5, 0.6) is 0 Å². The number of hydrogen-bond acceptors (Lipinski definition) is 6. The SMILES string of the molecule is COCCOCC(O)CNCCc1nncn1C. The normalized spacial score (nSPS) is 12.8. The number of aromatic nitrogens is 3.